The van der Waals surface area contributed by atoms with E-state index < -0.39 is 0 Å². The third-order valence-corrected chi connectivity index (χ3v) is 2.91. The number of benzene rings is 1. The van der Waals surface area contributed by atoms with Gasteiger partial charge in [0.25, 0.3) is 0 Å². The fraction of sp³-hybridized carbons (Fsp3) is 0.333. The van der Waals surface area contributed by atoms with Crippen LogP contribution in [0.25, 0.3) is 0 Å². The predicted molar refractivity (Wildman–Crippen MR) is 77.9 cm³/mol. The van der Waals surface area contributed by atoms with Crippen LogP contribution >= 0.6 is 0 Å². The summed E-state index contributed by atoms with van der Waals surface area (Å²) in [6.07, 6.45) is 5.83. The highest BCUT2D eigenvalue weighted by Crippen LogP contribution is 2.07. The number of nitrogens with two attached hydrogens (primary N) is 1. The van der Waals surface area contributed by atoms with E-state index in [4.69, 9.17) is 5.73 Å². The number of carbonyl (C=O) groups is 1. The Morgan fingerprint density at radius 3 is 2.95 bits per heavy atom. The van der Waals surface area contributed by atoms with Crippen LogP contribution in [0.1, 0.15) is 24.5 Å². The van der Waals surface area contributed by atoms with Crippen molar-refractivity contribution >= 4 is 5.91 Å². The molecule has 2 rings (SSSR count). The maximum Gasteiger partial charge on any atom is 0.221 e. The summed E-state index contributed by atoms with van der Waals surface area (Å²) in [6, 6.07) is 8.05. The van der Waals surface area contributed by atoms with Gasteiger partial charge in [-0.15, -0.1) is 0 Å². The fourth-order valence-electron chi connectivity index (χ4n) is 1.99. The van der Waals surface area contributed by atoms with E-state index in [0.29, 0.717) is 13.0 Å². The summed E-state index contributed by atoms with van der Waals surface area (Å²) in [5, 5.41) is 2.88. The van der Waals surface area contributed by atoms with E-state index in [2.05, 4.69) is 22.4 Å². The summed E-state index contributed by atoms with van der Waals surface area (Å²) in [5.41, 5.74) is 7.86. The monoisotopic (exact) mass is 272 g/mol. The van der Waals surface area contributed by atoms with Crippen LogP contribution in [-0.4, -0.2) is 21.5 Å². The molecule has 0 fully saturated rings. The lowest BCUT2D eigenvalue weighted by Crippen LogP contribution is -2.29. The molecule has 2 aromatic rings. The molecule has 20 heavy (non-hydrogen) atoms. The van der Waals surface area contributed by atoms with Crippen LogP contribution in [0.5, 0.6) is 0 Å². The molecular weight excluding hydrogens is 252 g/mol. The Balaban J connectivity index is 1.91. The zero-order chi connectivity index (χ0) is 14.4. The lowest BCUT2D eigenvalue weighted by Gasteiger charge is -2.09. The van der Waals surface area contributed by atoms with Crippen LogP contribution in [0.15, 0.2) is 43.0 Å². The van der Waals surface area contributed by atoms with Gasteiger partial charge >= 0.3 is 0 Å². The minimum absolute atomic E-state index is 0.0139. The Labute approximate surface area is 118 Å². The van der Waals surface area contributed by atoms with Crippen LogP contribution in [0.3, 0.4) is 0 Å². The summed E-state index contributed by atoms with van der Waals surface area (Å²) in [7, 11) is 0. The van der Waals surface area contributed by atoms with Gasteiger partial charge in [-0.3, -0.25) is 4.79 Å². The molecule has 1 unspecified atom stereocenters. The molecule has 3 N–H and O–H groups in total. The molecular formula is C15H20N4O. The second-order valence-corrected chi connectivity index (χ2v) is 5.01. The molecule has 0 saturated carbocycles. The van der Waals surface area contributed by atoms with Gasteiger partial charge in [-0.2, -0.15) is 0 Å². The van der Waals surface area contributed by atoms with Crippen molar-refractivity contribution < 1.29 is 4.79 Å². The number of imidazole rings is 1. The summed E-state index contributed by atoms with van der Waals surface area (Å²) in [4.78, 5) is 15.6. The second-order valence-electron chi connectivity index (χ2n) is 5.01. The first-order valence-corrected chi connectivity index (χ1v) is 6.69. The highest BCUT2D eigenvalue weighted by molar-refractivity contribution is 5.76. The largest absolute Gasteiger partial charge is 0.352 e. The van der Waals surface area contributed by atoms with Gasteiger partial charge in [0.2, 0.25) is 5.91 Å². The first-order chi connectivity index (χ1) is 9.63. The maximum atomic E-state index is 11.6. The van der Waals surface area contributed by atoms with E-state index in [1.807, 2.05) is 29.8 Å². The maximum absolute atomic E-state index is 11.6. The third-order valence-electron chi connectivity index (χ3n) is 2.91. The first kappa shape index (κ1) is 14.3. The molecule has 1 heterocycles. The molecule has 5 nitrogen and oxygen atoms in total. The molecule has 0 radical (unpaired) electrons. The second kappa shape index (κ2) is 6.86. The number of amides is 1. The van der Waals surface area contributed by atoms with Crippen LogP contribution in [0.2, 0.25) is 0 Å². The number of nitrogens with zero attached hydrogens (tertiary/aromatic N) is 2. The number of carbonyl (C=O) groups excluding carboxylic acids is 1. The van der Waals surface area contributed by atoms with Gasteiger partial charge in [-0.25, -0.2) is 4.98 Å². The molecule has 1 aromatic carbocycles. The molecule has 1 atom stereocenters. The smallest absolute Gasteiger partial charge is 0.221 e. The Hall–Kier alpha value is -2.14. The number of aromatic nitrogens is 2. The minimum Gasteiger partial charge on any atom is -0.352 e. The van der Waals surface area contributed by atoms with Gasteiger partial charge in [0.15, 0.2) is 0 Å². The Morgan fingerprint density at radius 2 is 2.25 bits per heavy atom. The van der Waals surface area contributed by atoms with Crippen LogP contribution < -0.4 is 11.1 Å². The molecule has 106 valence electrons. The zero-order valence-electron chi connectivity index (χ0n) is 11.6. The van der Waals surface area contributed by atoms with Crippen molar-refractivity contribution in [1.29, 1.82) is 0 Å². The van der Waals surface area contributed by atoms with E-state index in [9.17, 15) is 4.79 Å². The van der Waals surface area contributed by atoms with Crippen molar-refractivity contribution in [2.24, 2.45) is 5.73 Å². The molecule has 5 heteroatoms. The average Bonchev–Trinajstić information content (AvgIpc) is 2.89. The van der Waals surface area contributed by atoms with Crippen LogP contribution in [0.4, 0.5) is 0 Å². The van der Waals surface area contributed by atoms with Crippen molar-refractivity contribution in [3.8, 4) is 0 Å². The molecule has 0 aliphatic rings. The van der Waals surface area contributed by atoms with E-state index in [1.165, 1.54) is 5.56 Å². The quantitative estimate of drug-likeness (QED) is 0.832. The Bertz CT molecular complexity index is 549. The van der Waals surface area contributed by atoms with E-state index in [0.717, 1.165) is 12.1 Å². The third kappa shape index (κ3) is 4.51. The number of nitrogens with one attached hydrogen (secondary N) is 1. The molecule has 1 amide bonds. The van der Waals surface area contributed by atoms with Gasteiger partial charge < -0.3 is 15.6 Å². The van der Waals surface area contributed by atoms with Crippen LogP contribution in [0, 0.1) is 0 Å². The lowest BCUT2D eigenvalue weighted by molar-refractivity contribution is -0.121. The summed E-state index contributed by atoms with van der Waals surface area (Å²) in [6.45, 7) is 3.14. The minimum atomic E-state index is -0.109. The summed E-state index contributed by atoms with van der Waals surface area (Å²) >= 11 is 0. The first-order valence-electron chi connectivity index (χ1n) is 6.69. The number of hydrogen-bond acceptors (Lipinski definition) is 3. The topological polar surface area (TPSA) is 72.9 Å². The van der Waals surface area contributed by atoms with Crippen molar-refractivity contribution in [3.63, 3.8) is 0 Å². The summed E-state index contributed by atoms with van der Waals surface area (Å²) < 4.78 is 2.01. The van der Waals surface area contributed by atoms with Gasteiger partial charge in [0.05, 0.1) is 6.33 Å². The van der Waals surface area contributed by atoms with Crippen LogP contribution in [-0.2, 0) is 17.9 Å². The molecule has 0 spiro atoms. The molecule has 0 saturated heterocycles. The van der Waals surface area contributed by atoms with E-state index in [1.54, 1.807) is 12.5 Å². The Kier molecular flexibility index (Phi) is 4.90. The fourth-order valence-corrected chi connectivity index (χ4v) is 1.99. The highest BCUT2D eigenvalue weighted by atomic mass is 16.1. The van der Waals surface area contributed by atoms with Gasteiger partial charge in [-0.05, 0) is 18.1 Å². The van der Waals surface area contributed by atoms with Crippen molar-refractivity contribution in [1.82, 2.24) is 14.9 Å². The summed E-state index contributed by atoms with van der Waals surface area (Å²) in [5.74, 6) is -0.0139. The lowest BCUT2D eigenvalue weighted by atomic mass is 10.1. The SMILES string of the molecule is CC(N)CC(=O)NCc1cccc(Cn2ccnc2)c1. The van der Waals surface area contributed by atoms with E-state index in [-0.39, 0.29) is 11.9 Å². The van der Waals surface area contributed by atoms with Crippen molar-refractivity contribution in [2.45, 2.75) is 32.5 Å². The average molecular weight is 272 g/mol. The highest BCUT2D eigenvalue weighted by Gasteiger charge is 2.04. The number of rotatable bonds is 6. The van der Waals surface area contributed by atoms with Gasteiger partial charge in [-0.1, -0.05) is 24.3 Å². The van der Waals surface area contributed by atoms with Gasteiger partial charge in [0, 0.05) is 37.9 Å². The normalized spacial score (nSPS) is 12.1. The Morgan fingerprint density at radius 1 is 1.45 bits per heavy atom. The molecule has 0 aliphatic heterocycles. The number of hydrogen-bond donors (Lipinski definition) is 2. The van der Waals surface area contributed by atoms with Gasteiger partial charge in [0.1, 0.15) is 0 Å². The zero-order valence-corrected chi connectivity index (χ0v) is 11.6. The van der Waals surface area contributed by atoms with E-state index >= 15 is 0 Å². The predicted octanol–water partition coefficient (Wildman–Crippen LogP) is 1.28. The molecule has 0 bridgehead atoms. The van der Waals surface area contributed by atoms with Crippen molar-refractivity contribution in [2.75, 3.05) is 0 Å². The molecule has 0 aliphatic carbocycles. The van der Waals surface area contributed by atoms with Crippen molar-refractivity contribution in [3.05, 3.63) is 54.1 Å². The molecule has 1 aromatic heterocycles. The standard InChI is InChI=1S/C15H20N4O/c1-12(16)7-15(20)18-9-13-3-2-4-14(8-13)10-19-6-5-17-11-19/h2-6,8,11-12H,7,9-10,16H2,1H3,(H,18,20).